The Labute approximate surface area is 217 Å². The monoisotopic (exact) mass is 512 g/mol. The van der Waals surface area contributed by atoms with E-state index in [9.17, 15) is 4.79 Å². The third-order valence-corrected chi connectivity index (χ3v) is 6.61. The summed E-state index contributed by atoms with van der Waals surface area (Å²) in [7, 11) is 0. The van der Waals surface area contributed by atoms with Crippen molar-refractivity contribution in [3.63, 3.8) is 0 Å². The number of hydrogen-bond acceptors (Lipinski definition) is 10. The summed E-state index contributed by atoms with van der Waals surface area (Å²) in [6.07, 6.45) is 9.79. The number of aromatic nitrogens is 8. The van der Waals surface area contributed by atoms with E-state index < -0.39 is 0 Å². The number of nitrogens with two attached hydrogens (primary N) is 1. The van der Waals surface area contributed by atoms with E-state index in [4.69, 9.17) is 10.8 Å². The van der Waals surface area contributed by atoms with Crippen molar-refractivity contribution in [2.24, 2.45) is 0 Å². The number of carbonyl (C=O) groups excluding carboxylic acids is 1. The van der Waals surface area contributed by atoms with Crippen LogP contribution in [0.15, 0.2) is 43.2 Å². The smallest absolute Gasteiger partial charge is 0.254 e. The fraction of sp³-hybridized carbons (Fsp3) is 0.320. The molecule has 1 amide bonds. The van der Waals surface area contributed by atoms with Gasteiger partial charge in [-0.1, -0.05) is 0 Å². The average molecular weight is 513 g/mol. The number of unbranched alkanes of at least 4 members (excludes halogenated alkanes) is 1. The molecule has 1 fully saturated rings. The summed E-state index contributed by atoms with van der Waals surface area (Å²) in [4.78, 5) is 39.6. The molecule has 5 N–H and O–H groups in total. The minimum atomic E-state index is -0.183. The van der Waals surface area contributed by atoms with E-state index in [1.54, 1.807) is 18.6 Å². The van der Waals surface area contributed by atoms with Crippen LogP contribution in [0.2, 0.25) is 0 Å². The van der Waals surface area contributed by atoms with Crippen molar-refractivity contribution >= 4 is 39.7 Å². The van der Waals surface area contributed by atoms with Gasteiger partial charge < -0.3 is 26.3 Å². The molecule has 1 aliphatic rings. The maximum Gasteiger partial charge on any atom is 0.254 e. The van der Waals surface area contributed by atoms with Crippen LogP contribution >= 0.6 is 0 Å². The highest BCUT2D eigenvalue weighted by atomic mass is 16.1. The van der Waals surface area contributed by atoms with Crippen LogP contribution in [0.25, 0.3) is 33.3 Å². The van der Waals surface area contributed by atoms with E-state index in [2.05, 4.69) is 45.4 Å². The average Bonchev–Trinajstić information content (AvgIpc) is 3.58. The molecule has 0 radical (unpaired) electrons. The van der Waals surface area contributed by atoms with Crippen molar-refractivity contribution in [2.75, 3.05) is 43.4 Å². The van der Waals surface area contributed by atoms with Crippen LogP contribution in [0.1, 0.15) is 23.2 Å². The predicted octanol–water partition coefficient (Wildman–Crippen LogP) is 1.36. The van der Waals surface area contributed by atoms with Crippen LogP contribution in [0.4, 0.5) is 11.8 Å². The molecule has 6 rings (SSSR count). The number of anilines is 2. The minimum absolute atomic E-state index is 0.183. The third-order valence-electron chi connectivity index (χ3n) is 6.61. The number of nitrogen functional groups attached to an aromatic ring is 1. The zero-order valence-electron chi connectivity index (χ0n) is 20.8. The molecular formula is C25H28N12O. The standard InChI is InChI=1S/C25H28N12O/c26-21-19-20(17-11-16-3-5-28-22(16)30-12-17)35-37(23(19)34-15-33-21)8-2-1-4-29-24(38)18-13-31-25(32-14-18)36-9-6-27-7-10-36/h3,5,11-15,27H,1-2,4,6-10H2,(H,28,30)(H,29,38)(H2,26,33,34). The van der Waals surface area contributed by atoms with Crippen molar-refractivity contribution in [1.82, 2.24) is 50.3 Å². The normalized spacial score (nSPS) is 13.8. The fourth-order valence-corrected chi connectivity index (χ4v) is 4.61. The Morgan fingerprint density at radius 1 is 1.05 bits per heavy atom. The maximum atomic E-state index is 12.5. The second-order valence-corrected chi connectivity index (χ2v) is 9.14. The second-order valence-electron chi connectivity index (χ2n) is 9.14. The molecule has 1 saturated heterocycles. The van der Waals surface area contributed by atoms with Gasteiger partial charge in [0.25, 0.3) is 5.91 Å². The molecule has 0 unspecified atom stereocenters. The number of aryl methyl sites for hydroxylation is 1. The summed E-state index contributed by atoms with van der Waals surface area (Å²) in [6, 6.07) is 3.99. The topological polar surface area (TPSA) is 168 Å². The lowest BCUT2D eigenvalue weighted by molar-refractivity contribution is 0.0952. The van der Waals surface area contributed by atoms with Gasteiger partial charge >= 0.3 is 0 Å². The highest BCUT2D eigenvalue weighted by molar-refractivity contribution is 5.99. The first-order chi connectivity index (χ1) is 18.7. The zero-order valence-corrected chi connectivity index (χ0v) is 20.8. The first-order valence-corrected chi connectivity index (χ1v) is 12.6. The van der Waals surface area contributed by atoms with Gasteiger partial charge in [-0.25, -0.2) is 29.6 Å². The van der Waals surface area contributed by atoms with Crippen LogP contribution in [0, 0.1) is 0 Å². The molecule has 0 saturated carbocycles. The molecule has 13 nitrogen and oxygen atoms in total. The minimum Gasteiger partial charge on any atom is -0.383 e. The highest BCUT2D eigenvalue weighted by Crippen LogP contribution is 2.31. The van der Waals surface area contributed by atoms with Gasteiger partial charge in [0.15, 0.2) is 5.65 Å². The Morgan fingerprint density at radius 2 is 1.89 bits per heavy atom. The van der Waals surface area contributed by atoms with Crippen LogP contribution < -0.4 is 21.3 Å². The third kappa shape index (κ3) is 4.70. The van der Waals surface area contributed by atoms with Gasteiger partial charge in [-0.2, -0.15) is 5.10 Å². The SMILES string of the molecule is Nc1ncnc2c1c(-c1cnc3[nH]ccc3c1)nn2CCCCNC(=O)c1cnc(N2CCNCC2)nc1. The molecule has 38 heavy (non-hydrogen) atoms. The number of hydrogen-bond donors (Lipinski definition) is 4. The summed E-state index contributed by atoms with van der Waals surface area (Å²) < 4.78 is 1.84. The number of amides is 1. The largest absolute Gasteiger partial charge is 0.383 e. The predicted molar refractivity (Wildman–Crippen MR) is 144 cm³/mol. The number of nitrogens with one attached hydrogen (secondary N) is 3. The molecule has 0 atom stereocenters. The van der Waals surface area contributed by atoms with Gasteiger partial charge in [0, 0.05) is 75.0 Å². The summed E-state index contributed by atoms with van der Waals surface area (Å²) in [6.45, 7) is 4.66. The van der Waals surface area contributed by atoms with Crippen molar-refractivity contribution < 1.29 is 4.79 Å². The maximum absolute atomic E-state index is 12.5. The van der Waals surface area contributed by atoms with E-state index in [0.29, 0.717) is 47.1 Å². The van der Waals surface area contributed by atoms with E-state index in [1.807, 2.05) is 23.0 Å². The van der Waals surface area contributed by atoms with Gasteiger partial charge in [0.2, 0.25) is 5.95 Å². The van der Waals surface area contributed by atoms with Crippen molar-refractivity contribution in [1.29, 1.82) is 0 Å². The number of pyridine rings is 1. The van der Waals surface area contributed by atoms with E-state index in [1.165, 1.54) is 6.33 Å². The fourth-order valence-electron chi connectivity index (χ4n) is 4.61. The molecule has 0 bridgehead atoms. The molecule has 5 aromatic rings. The van der Waals surface area contributed by atoms with Crippen molar-refractivity contribution in [2.45, 2.75) is 19.4 Å². The number of H-pyrrole nitrogens is 1. The lowest BCUT2D eigenvalue weighted by Gasteiger charge is -2.27. The van der Waals surface area contributed by atoms with E-state index >= 15 is 0 Å². The molecule has 1 aliphatic heterocycles. The van der Waals surface area contributed by atoms with Crippen LogP contribution in [0.3, 0.4) is 0 Å². The van der Waals surface area contributed by atoms with Gasteiger partial charge in [0.05, 0.1) is 10.9 Å². The zero-order chi connectivity index (χ0) is 25.9. The molecule has 13 heteroatoms. The molecule has 194 valence electrons. The molecular weight excluding hydrogens is 484 g/mol. The van der Waals surface area contributed by atoms with Crippen LogP contribution in [0.5, 0.6) is 0 Å². The Kier molecular flexibility index (Phi) is 6.48. The number of aromatic amines is 1. The molecule has 5 aromatic heterocycles. The van der Waals surface area contributed by atoms with Crippen LogP contribution in [-0.4, -0.2) is 78.3 Å². The number of fused-ring (bicyclic) bond motifs is 2. The number of rotatable bonds is 8. The Morgan fingerprint density at radius 3 is 2.74 bits per heavy atom. The molecule has 0 aromatic carbocycles. The summed E-state index contributed by atoms with van der Waals surface area (Å²) in [5, 5.41) is 12.8. The number of piperazine rings is 1. The summed E-state index contributed by atoms with van der Waals surface area (Å²) in [5.74, 6) is 0.849. The van der Waals surface area contributed by atoms with Gasteiger partial charge in [-0.15, -0.1) is 0 Å². The van der Waals surface area contributed by atoms with E-state index in [0.717, 1.165) is 55.6 Å². The summed E-state index contributed by atoms with van der Waals surface area (Å²) >= 11 is 0. The van der Waals surface area contributed by atoms with Crippen molar-refractivity contribution in [3.05, 3.63) is 48.8 Å². The first kappa shape index (κ1) is 23.7. The second kappa shape index (κ2) is 10.4. The van der Waals surface area contributed by atoms with Gasteiger partial charge in [0.1, 0.15) is 23.5 Å². The Hall–Kier alpha value is -4.65. The Bertz CT molecular complexity index is 1570. The lowest BCUT2D eigenvalue weighted by atomic mass is 10.1. The molecule has 0 aliphatic carbocycles. The first-order valence-electron chi connectivity index (χ1n) is 12.6. The molecule has 0 spiro atoms. The van der Waals surface area contributed by atoms with Gasteiger partial charge in [-0.3, -0.25) is 4.79 Å². The van der Waals surface area contributed by atoms with E-state index in [-0.39, 0.29) is 5.91 Å². The summed E-state index contributed by atoms with van der Waals surface area (Å²) in [5.41, 5.74) is 9.71. The van der Waals surface area contributed by atoms with Crippen molar-refractivity contribution in [3.8, 4) is 11.3 Å². The Balaban J connectivity index is 1.07. The van der Waals surface area contributed by atoms with Crippen LogP contribution in [-0.2, 0) is 6.54 Å². The lowest BCUT2D eigenvalue weighted by Crippen LogP contribution is -2.44. The number of nitrogens with zero attached hydrogens (tertiary/aromatic N) is 8. The van der Waals surface area contributed by atoms with Gasteiger partial charge in [-0.05, 0) is 25.0 Å². The number of carbonyl (C=O) groups is 1. The highest BCUT2D eigenvalue weighted by Gasteiger charge is 2.18. The molecule has 6 heterocycles. The quantitative estimate of drug-likeness (QED) is 0.223.